The first-order chi connectivity index (χ1) is 13.1. The lowest BCUT2D eigenvalue weighted by Gasteiger charge is -2.37. The summed E-state index contributed by atoms with van der Waals surface area (Å²) >= 11 is 0. The van der Waals surface area contributed by atoms with Crippen LogP contribution >= 0.6 is 0 Å². The maximum Gasteiger partial charge on any atom is 0.328 e. The Labute approximate surface area is 166 Å². The van der Waals surface area contributed by atoms with Crippen LogP contribution in [0.2, 0.25) is 0 Å². The van der Waals surface area contributed by atoms with Gasteiger partial charge in [-0.1, -0.05) is 37.8 Å². The van der Waals surface area contributed by atoms with Gasteiger partial charge >= 0.3 is 5.97 Å². The summed E-state index contributed by atoms with van der Waals surface area (Å²) in [6.07, 6.45) is 5.34. The van der Waals surface area contributed by atoms with Crippen LogP contribution in [0.1, 0.15) is 39.7 Å². The molecule has 1 atom stereocenters. The molecular formula is C24H26O4. The van der Waals surface area contributed by atoms with E-state index in [2.05, 4.69) is 11.8 Å². The van der Waals surface area contributed by atoms with Gasteiger partial charge in [-0.3, -0.25) is 4.79 Å². The van der Waals surface area contributed by atoms with E-state index in [1.807, 2.05) is 51.1 Å². The van der Waals surface area contributed by atoms with Crippen molar-refractivity contribution >= 4 is 11.8 Å². The Hall–Kier alpha value is -3.06. The highest BCUT2D eigenvalue weighted by molar-refractivity contribution is 6.02. The number of carboxylic acids is 1. The first-order valence-corrected chi connectivity index (χ1v) is 9.13. The molecule has 0 radical (unpaired) electrons. The minimum absolute atomic E-state index is 0.00233. The van der Waals surface area contributed by atoms with Crippen LogP contribution in [0, 0.1) is 23.2 Å². The number of benzene rings is 1. The van der Waals surface area contributed by atoms with Gasteiger partial charge in [0, 0.05) is 24.0 Å². The predicted octanol–water partition coefficient (Wildman–Crippen LogP) is 4.57. The summed E-state index contributed by atoms with van der Waals surface area (Å²) in [5.41, 5.74) is 2.67. The van der Waals surface area contributed by atoms with Gasteiger partial charge in [-0.2, -0.15) is 0 Å². The van der Waals surface area contributed by atoms with Crippen LogP contribution in [0.15, 0.2) is 59.2 Å². The molecule has 0 bridgehead atoms. The van der Waals surface area contributed by atoms with Crippen molar-refractivity contribution in [1.29, 1.82) is 0 Å². The molecule has 0 fully saturated rings. The third-order valence-corrected chi connectivity index (χ3v) is 4.92. The molecule has 1 N–H and O–H groups in total. The molecule has 2 rings (SSSR count). The minimum atomic E-state index is -0.974. The average Bonchev–Trinajstić information content (AvgIpc) is 2.60. The number of carbonyl (C=O) groups is 2. The topological polar surface area (TPSA) is 63.6 Å². The fraction of sp³-hybridized carbons (Fsp3) is 0.333. The summed E-state index contributed by atoms with van der Waals surface area (Å²) in [6.45, 7) is 7.78. The van der Waals surface area contributed by atoms with Gasteiger partial charge in [-0.05, 0) is 54.7 Å². The molecule has 4 heteroatoms. The number of ether oxygens (including phenoxy) is 1. The molecule has 0 amide bonds. The summed E-state index contributed by atoms with van der Waals surface area (Å²) in [6, 6.07) is 7.38. The summed E-state index contributed by atoms with van der Waals surface area (Å²) in [7, 11) is 1.61. The second-order valence-corrected chi connectivity index (χ2v) is 7.69. The average molecular weight is 378 g/mol. The van der Waals surface area contributed by atoms with E-state index in [4.69, 9.17) is 9.84 Å². The van der Waals surface area contributed by atoms with Crippen molar-refractivity contribution < 1.29 is 19.4 Å². The quantitative estimate of drug-likeness (QED) is 0.474. The van der Waals surface area contributed by atoms with Gasteiger partial charge in [0.1, 0.15) is 5.75 Å². The molecule has 1 aliphatic carbocycles. The molecule has 0 spiro atoms. The van der Waals surface area contributed by atoms with Gasteiger partial charge in [0.25, 0.3) is 0 Å². The number of hydrogen-bond donors (Lipinski definition) is 1. The van der Waals surface area contributed by atoms with Crippen molar-refractivity contribution in [2.75, 3.05) is 7.11 Å². The number of carboxylic acid groups (broad SMARTS) is 1. The van der Waals surface area contributed by atoms with Gasteiger partial charge in [0.2, 0.25) is 0 Å². The zero-order valence-corrected chi connectivity index (χ0v) is 17.0. The smallest absolute Gasteiger partial charge is 0.328 e. The van der Waals surface area contributed by atoms with Gasteiger partial charge in [0.15, 0.2) is 5.78 Å². The largest absolute Gasteiger partial charge is 0.497 e. The minimum Gasteiger partial charge on any atom is -0.497 e. The number of rotatable bonds is 4. The Kier molecular flexibility index (Phi) is 6.64. The van der Waals surface area contributed by atoms with Crippen LogP contribution in [0.4, 0.5) is 0 Å². The predicted molar refractivity (Wildman–Crippen MR) is 110 cm³/mol. The van der Waals surface area contributed by atoms with E-state index in [0.717, 1.165) is 16.9 Å². The number of allylic oxidation sites excluding steroid dienone is 5. The van der Waals surface area contributed by atoms with Crippen molar-refractivity contribution in [1.82, 2.24) is 0 Å². The van der Waals surface area contributed by atoms with Crippen LogP contribution in [-0.4, -0.2) is 24.0 Å². The van der Waals surface area contributed by atoms with E-state index in [9.17, 15) is 9.59 Å². The molecule has 28 heavy (non-hydrogen) atoms. The van der Waals surface area contributed by atoms with Crippen LogP contribution in [0.3, 0.4) is 0 Å². The standard InChI is InChI=1S/C24H26O4/c1-16(14-23(26)27)6-13-21-17(2)20(22(25)15-24(21,3)4)12-9-18-7-10-19(28-5)11-8-18/h6-8,10-11,13-14,21H,15H2,1-5H3,(H,26,27)/b13-6+,16-14-. The van der Waals surface area contributed by atoms with Crippen molar-refractivity contribution in [2.45, 2.75) is 34.1 Å². The summed E-state index contributed by atoms with van der Waals surface area (Å²) in [5.74, 6) is 5.96. The third kappa shape index (κ3) is 5.23. The molecule has 1 unspecified atom stereocenters. The second kappa shape index (κ2) is 8.75. The zero-order valence-electron chi connectivity index (χ0n) is 17.0. The molecule has 0 heterocycles. The van der Waals surface area contributed by atoms with Crippen LogP contribution in [0.25, 0.3) is 0 Å². The fourth-order valence-electron chi connectivity index (χ4n) is 3.45. The molecule has 0 aliphatic heterocycles. The number of carbonyl (C=O) groups excluding carboxylic acids is 1. The van der Waals surface area contributed by atoms with Crippen LogP contribution in [0.5, 0.6) is 5.75 Å². The van der Waals surface area contributed by atoms with E-state index in [1.165, 1.54) is 6.08 Å². The second-order valence-electron chi connectivity index (χ2n) is 7.69. The van der Waals surface area contributed by atoms with E-state index in [-0.39, 0.29) is 17.1 Å². The molecule has 1 aliphatic rings. The summed E-state index contributed by atoms with van der Waals surface area (Å²) in [4.78, 5) is 23.5. The Morgan fingerprint density at radius 3 is 2.46 bits per heavy atom. The normalized spacial score (nSPS) is 19.4. The van der Waals surface area contributed by atoms with E-state index in [1.54, 1.807) is 20.1 Å². The molecule has 1 aromatic rings. The van der Waals surface area contributed by atoms with Gasteiger partial charge < -0.3 is 9.84 Å². The molecule has 4 nitrogen and oxygen atoms in total. The molecular weight excluding hydrogens is 352 g/mol. The van der Waals surface area contributed by atoms with Crippen molar-refractivity contribution in [3.63, 3.8) is 0 Å². The van der Waals surface area contributed by atoms with Gasteiger partial charge in [0.05, 0.1) is 12.7 Å². The lowest BCUT2D eigenvalue weighted by atomic mass is 9.66. The number of ketones is 1. The molecule has 0 saturated heterocycles. The maximum atomic E-state index is 12.7. The van der Waals surface area contributed by atoms with E-state index >= 15 is 0 Å². The van der Waals surface area contributed by atoms with Crippen molar-refractivity contribution in [3.8, 4) is 17.6 Å². The first-order valence-electron chi connectivity index (χ1n) is 9.13. The Bertz CT molecular complexity index is 916. The van der Waals surface area contributed by atoms with Crippen LogP contribution in [-0.2, 0) is 9.59 Å². The first kappa shape index (κ1) is 21.2. The fourth-order valence-corrected chi connectivity index (χ4v) is 3.45. The Morgan fingerprint density at radius 2 is 1.89 bits per heavy atom. The summed E-state index contributed by atoms with van der Waals surface area (Å²) < 4.78 is 5.14. The Balaban J connectivity index is 2.39. The number of aliphatic carboxylic acids is 1. The molecule has 146 valence electrons. The lowest BCUT2D eigenvalue weighted by molar-refractivity contribution is -0.131. The van der Waals surface area contributed by atoms with E-state index < -0.39 is 5.97 Å². The van der Waals surface area contributed by atoms with Gasteiger partial charge in [-0.25, -0.2) is 4.79 Å². The van der Waals surface area contributed by atoms with Gasteiger partial charge in [-0.15, -0.1) is 0 Å². The molecule has 1 aromatic carbocycles. The number of hydrogen-bond acceptors (Lipinski definition) is 3. The monoisotopic (exact) mass is 378 g/mol. The molecule has 0 saturated carbocycles. The zero-order chi connectivity index (χ0) is 20.9. The highest BCUT2D eigenvalue weighted by atomic mass is 16.5. The van der Waals surface area contributed by atoms with E-state index in [0.29, 0.717) is 17.6 Å². The van der Waals surface area contributed by atoms with Crippen molar-refractivity contribution in [3.05, 3.63) is 64.8 Å². The highest BCUT2D eigenvalue weighted by Crippen LogP contribution is 2.43. The van der Waals surface area contributed by atoms with Crippen LogP contribution < -0.4 is 4.74 Å². The highest BCUT2D eigenvalue weighted by Gasteiger charge is 2.38. The summed E-state index contributed by atoms with van der Waals surface area (Å²) in [5, 5.41) is 8.87. The number of Topliss-reactive ketones (excluding diaryl/α,β-unsaturated/α-hetero) is 1. The molecule has 0 aromatic heterocycles. The number of methoxy groups -OCH3 is 1. The SMILES string of the molecule is COc1ccc(C#CC2=C(C)C(/C=C/C(C)=C\C(=O)O)C(C)(C)CC2=O)cc1. The van der Waals surface area contributed by atoms with Crippen molar-refractivity contribution in [2.24, 2.45) is 11.3 Å². The lowest BCUT2D eigenvalue weighted by Crippen LogP contribution is -2.33. The Morgan fingerprint density at radius 1 is 1.25 bits per heavy atom. The third-order valence-electron chi connectivity index (χ3n) is 4.92. The maximum absolute atomic E-state index is 12.7.